The Kier molecular flexibility index (Phi) is 4.08. The Morgan fingerprint density at radius 2 is 1.71 bits per heavy atom. The Bertz CT molecular complexity index is 711. The van der Waals surface area contributed by atoms with Crippen LogP contribution in [0.1, 0.15) is 29.0 Å². The molecule has 0 saturated carbocycles. The number of sulfonamides is 1. The zero-order valence-electron chi connectivity index (χ0n) is 11.8. The van der Waals surface area contributed by atoms with Crippen LogP contribution in [0.4, 0.5) is 0 Å². The van der Waals surface area contributed by atoms with E-state index < -0.39 is 10.0 Å². The molecule has 3 rings (SSSR count). The van der Waals surface area contributed by atoms with E-state index in [0.717, 1.165) is 18.4 Å². The molecule has 0 fully saturated rings. The first-order valence-corrected chi connectivity index (χ1v) is 8.88. The maximum Gasteiger partial charge on any atom is 0.215 e. The van der Waals surface area contributed by atoms with Gasteiger partial charge < -0.3 is 0 Å². The zero-order valence-corrected chi connectivity index (χ0v) is 12.6. The molecule has 1 aliphatic rings. The summed E-state index contributed by atoms with van der Waals surface area (Å²) in [6.45, 7) is 0.492. The van der Waals surface area contributed by atoms with Crippen molar-refractivity contribution in [1.29, 1.82) is 0 Å². The summed E-state index contributed by atoms with van der Waals surface area (Å²) >= 11 is 0. The van der Waals surface area contributed by atoms with Crippen molar-refractivity contribution in [2.45, 2.75) is 24.5 Å². The van der Waals surface area contributed by atoms with E-state index >= 15 is 0 Å². The van der Waals surface area contributed by atoms with Crippen LogP contribution in [-0.2, 0) is 22.2 Å². The lowest BCUT2D eigenvalue weighted by Crippen LogP contribution is -2.29. The normalized spacial score (nSPS) is 17.6. The Balaban J connectivity index is 1.63. The van der Waals surface area contributed by atoms with Gasteiger partial charge in [-0.25, -0.2) is 13.1 Å². The molecule has 1 unspecified atom stereocenters. The van der Waals surface area contributed by atoms with Gasteiger partial charge in [0, 0.05) is 6.54 Å². The van der Waals surface area contributed by atoms with Crippen molar-refractivity contribution in [2.75, 3.05) is 6.54 Å². The lowest BCUT2D eigenvalue weighted by atomic mass is 10.0. The third-order valence-electron chi connectivity index (χ3n) is 4.01. The molecule has 0 heterocycles. The molecule has 0 spiro atoms. The first-order valence-electron chi connectivity index (χ1n) is 7.23. The fourth-order valence-electron chi connectivity index (χ4n) is 2.93. The average molecular weight is 301 g/mol. The highest BCUT2D eigenvalue weighted by molar-refractivity contribution is 7.88. The van der Waals surface area contributed by atoms with Gasteiger partial charge in [-0.1, -0.05) is 54.6 Å². The van der Waals surface area contributed by atoms with Gasteiger partial charge >= 0.3 is 0 Å². The second-order valence-corrected chi connectivity index (χ2v) is 7.33. The van der Waals surface area contributed by atoms with Crippen LogP contribution in [0.2, 0.25) is 0 Å². The number of fused-ring (bicyclic) bond motifs is 1. The minimum Gasteiger partial charge on any atom is -0.214 e. The zero-order chi connectivity index (χ0) is 14.7. The second kappa shape index (κ2) is 6.00. The fraction of sp³-hybridized carbons (Fsp3) is 0.294. The van der Waals surface area contributed by atoms with E-state index in [2.05, 4.69) is 16.9 Å². The Labute approximate surface area is 126 Å². The smallest absolute Gasteiger partial charge is 0.214 e. The fourth-order valence-corrected chi connectivity index (χ4v) is 4.12. The molecule has 0 aromatic heterocycles. The van der Waals surface area contributed by atoms with Crippen LogP contribution < -0.4 is 4.72 Å². The highest BCUT2D eigenvalue weighted by Gasteiger charge is 2.23. The van der Waals surface area contributed by atoms with Crippen LogP contribution in [0.5, 0.6) is 0 Å². The van der Waals surface area contributed by atoms with E-state index in [0.29, 0.717) is 12.5 Å². The van der Waals surface area contributed by atoms with Gasteiger partial charge in [0.25, 0.3) is 0 Å². The van der Waals surface area contributed by atoms with Gasteiger partial charge in [0.15, 0.2) is 0 Å². The maximum atomic E-state index is 12.2. The van der Waals surface area contributed by atoms with Crippen molar-refractivity contribution >= 4 is 10.0 Å². The van der Waals surface area contributed by atoms with Gasteiger partial charge in [-0.15, -0.1) is 0 Å². The first kappa shape index (κ1) is 14.3. The number of benzene rings is 2. The van der Waals surface area contributed by atoms with Crippen LogP contribution >= 0.6 is 0 Å². The van der Waals surface area contributed by atoms with Crippen molar-refractivity contribution in [3.05, 3.63) is 71.3 Å². The molecule has 1 aliphatic carbocycles. The predicted octanol–water partition coefficient (Wildman–Crippen LogP) is 2.84. The lowest BCUT2D eigenvalue weighted by molar-refractivity contribution is 0.568. The van der Waals surface area contributed by atoms with Gasteiger partial charge in [0.1, 0.15) is 0 Å². The molecule has 2 aromatic carbocycles. The van der Waals surface area contributed by atoms with Gasteiger partial charge in [0.2, 0.25) is 10.0 Å². The molecular weight excluding hydrogens is 282 g/mol. The highest BCUT2D eigenvalue weighted by atomic mass is 32.2. The van der Waals surface area contributed by atoms with E-state index in [-0.39, 0.29) is 5.75 Å². The minimum absolute atomic E-state index is 0.0439. The van der Waals surface area contributed by atoms with Crippen LogP contribution in [-0.4, -0.2) is 15.0 Å². The van der Waals surface area contributed by atoms with E-state index in [1.807, 2.05) is 42.5 Å². The molecular formula is C17H19NO2S. The summed E-state index contributed by atoms with van der Waals surface area (Å²) in [5, 5.41) is 0. The van der Waals surface area contributed by atoms with Crippen molar-refractivity contribution in [1.82, 2.24) is 4.72 Å². The number of hydrogen-bond acceptors (Lipinski definition) is 2. The van der Waals surface area contributed by atoms with Crippen molar-refractivity contribution < 1.29 is 8.42 Å². The number of aryl methyl sites for hydroxylation is 1. The molecule has 21 heavy (non-hydrogen) atoms. The molecule has 1 atom stereocenters. The molecule has 0 radical (unpaired) electrons. The number of hydrogen-bond donors (Lipinski definition) is 1. The highest BCUT2D eigenvalue weighted by Crippen LogP contribution is 2.32. The molecule has 2 aromatic rings. The predicted molar refractivity (Wildman–Crippen MR) is 84.6 cm³/mol. The lowest BCUT2D eigenvalue weighted by Gasteiger charge is -2.13. The van der Waals surface area contributed by atoms with Crippen molar-refractivity contribution in [3.8, 4) is 0 Å². The molecule has 1 N–H and O–H groups in total. The minimum atomic E-state index is -3.27. The monoisotopic (exact) mass is 301 g/mol. The van der Waals surface area contributed by atoms with Crippen molar-refractivity contribution in [2.24, 2.45) is 0 Å². The summed E-state index contributed by atoms with van der Waals surface area (Å²) in [6.07, 6.45) is 2.06. The molecule has 4 heteroatoms. The maximum absolute atomic E-state index is 12.2. The summed E-state index contributed by atoms with van der Waals surface area (Å²) in [6, 6.07) is 17.6. The summed E-state index contributed by atoms with van der Waals surface area (Å²) in [7, 11) is -3.27. The average Bonchev–Trinajstić information content (AvgIpc) is 2.89. The first-order chi connectivity index (χ1) is 10.1. The van der Waals surface area contributed by atoms with Crippen molar-refractivity contribution in [3.63, 3.8) is 0 Å². The Morgan fingerprint density at radius 1 is 1.00 bits per heavy atom. The Morgan fingerprint density at radius 3 is 2.52 bits per heavy atom. The summed E-state index contributed by atoms with van der Waals surface area (Å²) in [5.74, 6) is 0.342. The topological polar surface area (TPSA) is 46.2 Å². The van der Waals surface area contributed by atoms with E-state index in [1.54, 1.807) is 0 Å². The number of nitrogens with one attached hydrogen (secondary N) is 1. The van der Waals surface area contributed by atoms with Gasteiger partial charge in [-0.3, -0.25) is 0 Å². The van der Waals surface area contributed by atoms with Gasteiger partial charge in [0.05, 0.1) is 5.75 Å². The Hall–Kier alpha value is -1.65. The molecule has 0 bridgehead atoms. The summed E-state index contributed by atoms with van der Waals surface area (Å²) < 4.78 is 27.1. The summed E-state index contributed by atoms with van der Waals surface area (Å²) in [4.78, 5) is 0. The van der Waals surface area contributed by atoms with Crippen LogP contribution in [0.25, 0.3) is 0 Å². The molecule has 0 amide bonds. The third-order valence-corrected chi connectivity index (χ3v) is 5.33. The van der Waals surface area contributed by atoms with Gasteiger partial charge in [-0.05, 0) is 35.4 Å². The number of rotatable bonds is 5. The quantitative estimate of drug-likeness (QED) is 0.923. The molecule has 0 aliphatic heterocycles. The van der Waals surface area contributed by atoms with Crippen LogP contribution in [0.3, 0.4) is 0 Å². The molecule has 110 valence electrons. The van der Waals surface area contributed by atoms with Crippen LogP contribution in [0, 0.1) is 0 Å². The standard InChI is InChI=1S/C17H19NO2S/c19-21(20,13-14-6-2-1-3-7-14)18-12-16-11-10-15-8-4-5-9-17(15)16/h1-9,16,18H,10-13H2. The van der Waals surface area contributed by atoms with E-state index in [1.165, 1.54) is 11.1 Å². The SMILES string of the molecule is O=S(=O)(Cc1ccccc1)NCC1CCc2ccccc21. The van der Waals surface area contributed by atoms with Crippen LogP contribution in [0.15, 0.2) is 54.6 Å². The van der Waals surface area contributed by atoms with Gasteiger partial charge in [-0.2, -0.15) is 0 Å². The molecule has 0 saturated heterocycles. The van der Waals surface area contributed by atoms with E-state index in [4.69, 9.17) is 0 Å². The largest absolute Gasteiger partial charge is 0.215 e. The third kappa shape index (κ3) is 3.52. The second-order valence-electron chi connectivity index (χ2n) is 5.53. The van der Waals surface area contributed by atoms with E-state index in [9.17, 15) is 8.42 Å². The summed E-state index contributed by atoms with van der Waals surface area (Å²) in [5.41, 5.74) is 3.46. The molecule has 3 nitrogen and oxygen atoms in total.